The first-order chi connectivity index (χ1) is 13.6. The van der Waals surface area contributed by atoms with Crippen LogP contribution in [0.25, 0.3) is 0 Å². The van der Waals surface area contributed by atoms with Crippen LogP contribution in [-0.2, 0) is 19.5 Å². The van der Waals surface area contributed by atoms with Gasteiger partial charge < -0.3 is 5.32 Å². The molecule has 0 fully saturated rings. The summed E-state index contributed by atoms with van der Waals surface area (Å²) in [5.74, 6) is -0.213. The maximum Gasteiger partial charge on any atom is 0.286 e. The van der Waals surface area contributed by atoms with Crippen LogP contribution >= 0.6 is 11.3 Å². The van der Waals surface area contributed by atoms with Gasteiger partial charge in [-0.1, -0.05) is 67.1 Å². The van der Waals surface area contributed by atoms with Gasteiger partial charge in [-0.25, -0.2) is 0 Å². The van der Waals surface area contributed by atoms with E-state index in [1.54, 1.807) is 0 Å². The van der Waals surface area contributed by atoms with Crippen molar-refractivity contribution < 1.29 is 4.79 Å². The lowest BCUT2D eigenvalue weighted by atomic mass is 10.1. The van der Waals surface area contributed by atoms with Crippen LogP contribution in [0.3, 0.4) is 0 Å². The van der Waals surface area contributed by atoms with Gasteiger partial charge in [-0.2, -0.15) is 0 Å². The van der Waals surface area contributed by atoms with Gasteiger partial charge >= 0.3 is 0 Å². The van der Waals surface area contributed by atoms with Crippen molar-refractivity contribution in [3.05, 3.63) is 75.2 Å². The molecule has 2 aromatic carbocycles. The van der Waals surface area contributed by atoms with Crippen LogP contribution in [0.15, 0.2) is 48.5 Å². The minimum atomic E-state index is -0.213. The van der Waals surface area contributed by atoms with Crippen molar-refractivity contribution in [1.82, 2.24) is 15.1 Å². The fourth-order valence-corrected chi connectivity index (χ4v) is 3.73. The molecule has 28 heavy (non-hydrogen) atoms. The standard InChI is InChI=1S/C22H26N4OS/c1-4-17-9-11-19(12-10-17)23-21(27)22-25-24-20(28-22)15-26(5-2)14-18-8-6-7-16(3)13-18/h6-13H,4-5,14-15H2,1-3H3,(H,23,27). The molecule has 0 atom stereocenters. The van der Waals surface area contributed by atoms with Gasteiger partial charge in [0.1, 0.15) is 5.01 Å². The summed E-state index contributed by atoms with van der Waals surface area (Å²) in [5.41, 5.74) is 4.55. The zero-order valence-electron chi connectivity index (χ0n) is 16.6. The Morgan fingerprint density at radius 2 is 1.82 bits per heavy atom. The lowest BCUT2D eigenvalue weighted by Gasteiger charge is -2.19. The predicted molar refractivity (Wildman–Crippen MR) is 115 cm³/mol. The highest BCUT2D eigenvalue weighted by atomic mass is 32.1. The molecule has 146 valence electrons. The minimum absolute atomic E-state index is 0.213. The molecule has 0 aliphatic carbocycles. The third-order valence-corrected chi connectivity index (χ3v) is 5.48. The Bertz CT molecular complexity index is 920. The van der Waals surface area contributed by atoms with E-state index in [4.69, 9.17) is 0 Å². The summed E-state index contributed by atoms with van der Waals surface area (Å²) >= 11 is 1.35. The second-order valence-electron chi connectivity index (χ2n) is 6.80. The maximum absolute atomic E-state index is 12.4. The van der Waals surface area contributed by atoms with Crippen LogP contribution in [-0.4, -0.2) is 27.5 Å². The molecule has 6 heteroatoms. The number of hydrogen-bond donors (Lipinski definition) is 1. The summed E-state index contributed by atoms with van der Waals surface area (Å²) in [4.78, 5) is 14.7. The Morgan fingerprint density at radius 3 is 2.50 bits per heavy atom. The molecule has 0 saturated heterocycles. The van der Waals surface area contributed by atoms with E-state index in [1.165, 1.54) is 28.0 Å². The van der Waals surface area contributed by atoms with Crippen molar-refractivity contribution in [2.75, 3.05) is 11.9 Å². The fourth-order valence-electron chi connectivity index (χ4n) is 2.96. The van der Waals surface area contributed by atoms with Gasteiger partial charge in [0.15, 0.2) is 0 Å². The zero-order valence-corrected chi connectivity index (χ0v) is 17.4. The normalized spacial score (nSPS) is 11.0. The molecule has 1 aromatic heterocycles. The molecule has 1 heterocycles. The van der Waals surface area contributed by atoms with Gasteiger partial charge in [0.2, 0.25) is 5.01 Å². The highest BCUT2D eigenvalue weighted by Crippen LogP contribution is 2.17. The average molecular weight is 395 g/mol. The number of carbonyl (C=O) groups is 1. The van der Waals surface area contributed by atoms with Gasteiger partial charge in [0.25, 0.3) is 5.91 Å². The van der Waals surface area contributed by atoms with Gasteiger partial charge in [-0.3, -0.25) is 9.69 Å². The molecule has 0 spiro atoms. The van der Waals surface area contributed by atoms with Crippen molar-refractivity contribution in [3.8, 4) is 0 Å². The van der Waals surface area contributed by atoms with Crippen LogP contribution in [0, 0.1) is 6.92 Å². The maximum atomic E-state index is 12.4. The Hall–Kier alpha value is -2.57. The molecule has 3 aromatic rings. The lowest BCUT2D eigenvalue weighted by molar-refractivity contribution is 0.102. The van der Waals surface area contributed by atoms with Gasteiger partial charge in [-0.05, 0) is 43.1 Å². The number of anilines is 1. The number of nitrogens with one attached hydrogen (secondary N) is 1. The van der Waals surface area contributed by atoms with Crippen LogP contribution in [0.5, 0.6) is 0 Å². The van der Waals surface area contributed by atoms with Crippen molar-refractivity contribution in [2.45, 2.75) is 40.3 Å². The Morgan fingerprint density at radius 1 is 1.04 bits per heavy atom. The van der Waals surface area contributed by atoms with Crippen LogP contribution in [0.4, 0.5) is 5.69 Å². The number of hydrogen-bond acceptors (Lipinski definition) is 5. The lowest BCUT2D eigenvalue weighted by Crippen LogP contribution is -2.22. The number of benzene rings is 2. The van der Waals surface area contributed by atoms with E-state index in [1.807, 2.05) is 24.3 Å². The largest absolute Gasteiger partial charge is 0.320 e. The molecule has 0 saturated carbocycles. The third kappa shape index (κ3) is 5.47. The average Bonchev–Trinajstić information content (AvgIpc) is 3.17. The Balaban J connectivity index is 1.60. The highest BCUT2D eigenvalue weighted by molar-refractivity contribution is 7.13. The van der Waals surface area contributed by atoms with Gasteiger partial charge in [-0.15, -0.1) is 10.2 Å². The molecule has 1 amide bonds. The fraction of sp³-hybridized carbons (Fsp3) is 0.318. The van der Waals surface area contributed by atoms with E-state index in [0.29, 0.717) is 11.6 Å². The first-order valence-corrected chi connectivity index (χ1v) is 10.4. The Kier molecular flexibility index (Phi) is 6.90. The summed E-state index contributed by atoms with van der Waals surface area (Å²) in [5, 5.41) is 12.4. The second-order valence-corrected chi connectivity index (χ2v) is 7.86. The number of aryl methyl sites for hydroxylation is 2. The summed E-state index contributed by atoms with van der Waals surface area (Å²) < 4.78 is 0. The second kappa shape index (κ2) is 9.57. The topological polar surface area (TPSA) is 58.1 Å². The molecular formula is C22H26N4OS. The highest BCUT2D eigenvalue weighted by Gasteiger charge is 2.15. The van der Waals surface area contributed by atoms with Crippen LogP contribution in [0.2, 0.25) is 0 Å². The van der Waals surface area contributed by atoms with E-state index < -0.39 is 0 Å². The minimum Gasteiger partial charge on any atom is -0.320 e. The van der Waals surface area contributed by atoms with E-state index in [2.05, 4.69) is 65.5 Å². The summed E-state index contributed by atoms with van der Waals surface area (Å²) in [6.45, 7) is 8.77. The number of amides is 1. The summed E-state index contributed by atoms with van der Waals surface area (Å²) in [6.07, 6.45) is 0.977. The third-order valence-electron chi connectivity index (χ3n) is 4.58. The van der Waals surface area contributed by atoms with Gasteiger partial charge in [0.05, 0.1) is 6.54 Å². The number of carbonyl (C=O) groups excluding carboxylic acids is 1. The predicted octanol–water partition coefficient (Wildman–Crippen LogP) is 4.68. The van der Waals surface area contributed by atoms with Crippen LogP contribution in [0.1, 0.15) is 45.3 Å². The monoisotopic (exact) mass is 394 g/mol. The number of nitrogens with zero attached hydrogens (tertiary/aromatic N) is 3. The number of rotatable bonds is 8. The molecule has 0 radical (unpaired) electrons. The molecule has 0 aliphatic rings. The molecule has 3 rings (SSSR count). The zero-order chi connectivity index (χ0) is 19.9. The molecule has 0 unspecified atom stereocenters. The van der Waals surface area contributed by atoms with Gasteiger partial charge in [0, 0.05) is 12.2 Å². The van der Waals surface area contributed by atoms with Crippen molar-refractivity contribution in [3.63, 3.8) is 0 Å². The summed E-state index contributed by atoms with van der Waals surface area (Å²) in [6, 6.07) is 16.4. The van der Waals surface area contributed by atoms with E-state index in [0.717, 1.165) is 30.2 Å². The van der Waals surface area contributed by atoms with E-state index in [9.17, 15) is 4.79 Å². The summed E-state index contributed by atoms with van der Waals surface area (Å²) in [7, 11) is 0. The van der Waals surface area contributed by atoms with E-state index in [-0.39, 0.29) is 5.91 Å². The van der Waals surface area contributed by atoms with Crippen molar-refractivity contribution in [1.29, 1.82) is 0 Å². The van der Waals surface area contributed by atoms with Crippen LogP contribution < -0.4 is 5.32 Å². The van der Waals surface area contributed by atoms with Crippen molar-refractivity contribution in [2.24, 2.45) is 0 Å². The molecule has 5 nitrogen and oxygen atoms in total. The molecular weight excluding hydrogens is 368 g/mol. The Labute approximate surface area is 170 Å². The quantitative estimate of drug-likeness (QED) is 0.602. The van der Waals surface area contributed by atoms with Crippen molar-refractivity contribution >= 4 is 22.9 Å². The first kappa shape index (κ1) is 20.2. The first-order valence-electron chi connectivity index (χ1n) is 9.58. The molecule has 1 N–H and O–H groups in total. The van der Waals surface area contributed by atoms with E-state index >= 15 is 0 Å². The molecule has 0 aliphatic heterocycles. The number of aromatic nitrogens is 2. The smallest absolute Gasteiger partial charge is 0.286 e. The molecule has 0 bridgehead atoms. The SMILES string of the molecule is CCc1ccc(NC(=O)c2nnc(CN(CC)Cc3cccc(C)c3)s2)cc1.